The number of nitrogens with zero attached hydrogens (tertiary/aromatic N) is 3. The first-order valence-corrected chi connectivity index (χ1v) is 7.39. The Morgan fingerprint density at radius 2 is 1.87 bits per heavy atom. The Labute approximate surface area is 133 Å². The van der Waals surface area contributed by atoms with Gasteiger partial charge in [-0.25, -0.2) is 9.97 Å². The highest BCUT2D eigenvalue weighted by molar-refractivity contribution is 5.91. The number of anilines is 1. The van der Waals surface area contributed by atoms with Crippen LogP contribution < -0.4 is 11.1 Å². The van der Waals surface area contributed by atoms with Gasteiger partial charge in [0.2, 0.25) is 0 Å². The van der Waals surface area contributed by atoms with Crippen molar-refractivity contribution in [2.45, 2.75) is 13.0 Å². The molecule has 6 nitrogen and oxygen atoms in total. The second kappa shape index (κ2) is 6.50. The third-order valence-corrected chi connectivity index (χ3v) is 3.58. The van der Waals surface area contributed by atoms with Gasteiger partial charge in [-0.2, -0.15) is 0 Å². The van der Waals surface area contributed by atoms with Crippen LogP contribution in [0.1, 0.15) is 6.92 Å². The number of hydrogen-bond acceptors (Lipinski definition) is 6. The fraction of sp³-hybridized carbons (Fsp3) is 0.176. The average molecular weight is 307 g/mol. The molecule has 0 spiro atoms. The third-order valence-electron chi connectivity index (χ3n) is 3.58. The zero-order valence-electron chi connectivity index (χ0n) is 12.7. The topological polar surface area (TPSA) is 93.3 Å². The highest BCUT2D eigenvalue weighted by atomic mass is 16.3. The molecule has 1 atom stereocenters. The lowest BCUT2D eigenvalue weighted by Crippen LogP contribution is -2.25. The van der Waals surface area contributed by atoms with Gasteiger partial charge in [0, 0.05) is 23.5 Å². The van der Waals surface area contributed by atoms with Crippen LogP contribution in [0.15, 0.2) is 53.7 Å². The summed E-state index contributed by atoms with van der Waals surface area (Å²) >= 11 is 0. The molecule has 0 aliphatic carbocycles. The van der Waals surface area contributed by atoms with Crippen LogP contribution in [0, 0.1) is 4.91 Å². The van der Waals surface area contributed by atoms with Gasteiger partial charge in [0.25, 0.3) is 0 Å². The predicted molar refractivity (Wildman–Crippen MR) is 92.6 cm³/mol. The molecule has 1 heterocycles. The van der Waals surface area contributed by atoms with Gasteiger partial charge in [-0.1, -0.05) is 24.3 Å². The molecule has 0 saturated heterocycles. The van der Waals surface area contributed by atoms with Crippen molar-refractivity contribution in [3.63, 3.8) is 0 Å². The highest BCUT2D eigenvalue weighted by Gasteiger charge is 2.13. The third kappa shape index (κ3) is 3.02. The molecule has 116 valence electrons. The van der Waals surface area contributed by atoms with Gasteiger partial charge >= 0.3 is 0 Å². The van der Waals surface area contributed by atoms with Crippen LogP contribution in [-0.4, -0.2) is 22.6 Å². The Bertz CT molecular complexity index is 849. The van der Waals surface area contributed by atoms with Crippen molar-refractivity contribution < 1.29 is 0 Å². The summed E-state index contributed by atoms with van der Waals surface area (Å²) in [6, 6.07) is 14.8. The highest BCUT2D eigenvalue weighted by Crippen LogP contribution is 2.30. The molecule has 0 fully saturated rings. The van der Waals surface area contributed by atoms with Gasteiger partial charge in [-0.3, -0.25) is 0 Å². The fourth-order valence-electron chi connectivity index (χ4n) is 2.34. The first-order chi connectivity index (χ1) is 11.2. The van der Waals surface area contributed by atoms with Gasteiger partial charge in [0.1, 0.15) is 11.5 Å². The van der Waals surface area contributed by atoms with E-state index in [9.17, 15) is 4.91 Å². The zero-order chi connectivity index (χ0) is 16.2. The van der Waals surface area contributed by atoms with Crippen LogP contribution in [0.2, 0.25) is 0 Å². The van der Waals surface area contributed by atoms with Gasteiger partial charge in [0.15, 0.2) is 5.82 Å². The Kier molecular flexibility index (Phi) is 4.25. The number of para-hydroxylation sites is 1. The summed E-state index contributed by atoms with van der Waals surface area (Å²) in [6.07, 6.45) is 0. The quantitative estimate of drug-likeness (QED) is 0.704. The van der Waals surface area contributed by atoms with E-state index >= 15 is 0 Å². The van der Waals surface area contributed by atoms with E-state index in [1.165, 1.54) is 0 Å². The van der Waals surface area contributed by atoms with Crippen LogP contribution in [0.5, 0.6) is 0 Å². The maximum absolute atomic E-state index is 11.0. The molecule has 1 aromatic heterocycles. The number of rotatable bonds is 5. The SMILES string of the molecule is CC(CN)Nc1nc(-c2ccccc2N=O)nc2ccccc12. The number of aromatic nitrogens is 2. The lowest BCUT2D eigenvalue weighted by molar-refractivity contribution is 0.799. The normalized spacial score (nSPS) is 12.1. The lowest BCUT2D eigenvalue weighted by atomic mass is 10.1. The van der Waals surface area contributed by atoms with Crippen molar-refractivity contribution in [3.8, 4) is 11.4 Å². The molecule has 3 N–H and O–H groups in total. The van der Waals surface area contributed by atoms with Gasteiger partial charge in [-0.05, 0) is 36.4 Å². The number of nitrogens with one attached hydrogen (secondary N) is 1. The van der Waals surface area contributed by atoms with E-state index in [0.29, 0.717) is 29.4 Å². The molecular formula is C17H17N5O. The summed E-state index contributed by atoms with van der Waals surface area (Å²) < 4.78 is 0. The molecule has 6 heteroatoms. The van der Waals surface area contributed by atoms with Crippen LogP contribution in [0.3, 0.4) is 0 Å². The molecule has 0 aliphatic rings. The molecule has 0 radical (unpaired) electrons. The van der Waals surface area contributed by atoms with E-state index in [2.05, 4.69) is 20.5 Å². The number of nitrogens with two attached hydrogens (primary N) is 1. The molecule has 3 aromatic rings. The summed E-state index contributed by atoms with van der Waals surface area (Å²) in [5.74, 6) is 1.16. The van der Waals surface area contributed by atoms with E-state index < -0.39 is 0 Å². The van der Waals surface area contributed by atoms with Crippen LogP contribution in [0.25, 0.3) is 22.3 Å². The van der Waals surface area contributed by atoms with Crippen molar-refractivity contribution >= 4 is 22.4 Å². The van der Waals surface area contributed by atoms with Crippen LogP contribution in [-0.2, 0) is 0 Å². The van der Waals surface area contributed by atoms with E-state index in [4.69, 9.17) is 5.73 Å². The largest absolute Gasteiger partial charge is 0.366 e. The van der Waals surface area contributed by atoms with Crippen molar-refractivity contribution in [2.24, 2.45) is 10.9 Å². The minimum absolute atomic E-state index is 0.0700. The molecule has 3 rings (SSSR count). The molecule has 0 bridgehead atoms. The molecular weight excluding hydrogens is 290 g/mol. The van der Waals surface area contributed by atoms with Gasteiger partial charge in [-0.15, -0.1) is 4.91 Å². The predicted octanol–water partition coefficient (Wildman–Crippen LogP) is 3.45. The van der Waals surface area contributed by atoms with E-state index in [1.54, 1.807) is 18.2 Å². The van der Waals surface area contributed by atoms with Crippen molar-refractivity contribution in [2.75, 3.05) is 11.9 Å². The summed E-state index contributed by atoms with van der Waals surface area (Å²) in [6.45, 7) is 2.47. The van der Waals surface area contributed by atoms with Crippen LogP contribution in [0.4, 0.5) is 11.5 Å². The number of hydrogen-bond donors (Lipinski definition) is 2. The van der Waals surface area contributed by atoms with E-state index in [-0.39, 0.29) is 6.04 Å². The minimum Gasteiger partial charge on any atom is -0.366 e. The maximum atomic E-state index is 11.0. The average Bonchev–Trinajstić information content (AvgIpc) is 2.61. The minimum atomic E-state index is 0.0700. The van der Waals surface area contributed by atoms with Crippen LogP contribution >= 0.6 is 0 Å². The standard InChI is InChI=1S/C17H17N5O/c1-11(10-18)19-16-12-6-2-4-8-14(12)20-17(21-16)13-7-3-5-9-15(13)22-23/h2-9,11H,10,18H2,1H3,(H,19,20,21). The summed E-state index contributed by atoms with van der Waals surface area (Å²) in [5, 5.41) is 7.27. The second-order valence-electron chi connectivity index (χ2n) is 5.30. The summed E-state index contributed by atoms with van der Waals surface area (Å²) in [4.78, 5) is 20.2. The Morgan fingerprint density at radius 1 is 1.13 bits per heavy atom. The lowest BCUT2D eigenvalue weighted by Gasteiger charge is -2.15. The fourth-order valence-corrected chi connectivity index (χ4v) is 2.34. The van der Waals surface area contributed by atoms with Crippen molar-refractivity contribution in [3.05, 3.63) is 53.4 Å². The summed E-state index contributed by atoms with van der Waals surface area (Å²) in [7, 11) is 0. The maximum Gasteiger partial charge on any atom is 0.164 e. The Morgan fingerprint density at radius 3 is 2.65 bits per heavy atom. The molecule has 0 amide bonds. The smallest absolute Gasteiger partial charge is 0.164 e. The first kappa shape index (κ1) is 15.1. The Hall–Kier alpha value is -2.86. The second-order valence-corrected chi connectivity index (χ2v) is 5.30. The number of fused-ring (bicyclic) bond motifs is 1. The number of nitroso groups, excluding NO2 is 1. The monoisotopic (exact) mass is 307 g/mol. The molecule has 0 saturated carbocycles. The van der Waals surface area contributed by atoms with Gasteiger partial charge < -0.3 is 11.1 Å². The van der Waals surface area contributed by atoms with Crippen molar-refractivity contribution in [1.29, 1.82) is 0 Å². The van der Waals surface area contributed by atoms with Gasteiger partial charge in [0.05, 0.1) is 5.52 Å². The zero-order valence-corrected chi connectivity index (χ0v) is 12.7. The van der Waals surface area contributed by atoms with E-state index in [1.807, 2.05) is 37.3 Å². The first-order valence-electron chi connectivity index (χ1n) is 7.39. The molecule has 2 aromatic carbocycles. The number of benzene rings is 2. The molecule has 23 heavy (non-hydrogen) atoms. The molecule has 0 aliphatic heterocycles. The molecule has 1 unspecified atom stereocenters. The summed E-state index contributed by atoms with van der Waals surface area (Å²) in [5.41, 5.74) is 7.42. The van der Waals surface area contributed by atoms with E-state index in [0.717, 1.165) is 10.9 Å². The van der Waals surface area contributed by atoms with Crippen molar-refractivity contribution in [1.82, 2.24) is 9.97 Å². The Balaban J connectivity index is 2.20.